The monoisotopic (exact) mass is 442 g/mol. The van der Waals surface area contributed by atoms with E-state index in [1.54, 1.807) is 11.3 Å². The largest absolute Gasteiger partial charge is 0.463 e. The van der Waals surface area contributed by atoms with Crippen molar-refractivity contribution in [2.24, 2.45) is 0 Å². The zero-order valence-electron chi connectivity index (χ0n) is 17.6. The standard InChI is InChI=1S/C24H18N4O3S/c1-12(2)14-8-9-18-15(10-14)21(29)16(11-30-18)22-26-27-23(31-22)20-13(3)25-24-28(20)17-6-4-5-7-19(17)32-24/h4-12H,1-3H3. The number of nitrogens with zero attached hydrogens (tertiary/aromatic N) is 4. The first kappa shape index (κ1) is 18.9. The number of aryl methyl sites for hydroxylation is 1. The highest BCUT2D eigenvalue weighted by atomic mass is 32.1. The molecule has 0 unspecified atom stereocenters. The Kier molecular flexibility index (Phi) is 4.06. The molecule has 0 aliphatic carbocycles. The van der Waals surface area contributed by atoms with Crippen molar-refractivity contribution >= 4 is 37.5 Å². The van der Waals surface area contributed by atoms with E-state index in [2.05, 4.69) is 35.1 Å². The highest BCUT2D eigenvalue weighted by molar-refractivity contribution is 7.23. The Morgan fingerprint density at radius 3 is 2.72 bits per heavy atom. The first-order valence-corrected chi connectivity index (χ1v) is 11.1. The molecule has 0 atom stereocenters. The minimum atomic E-state index is -0.194. The molecule has 4 aromatic heterocycles. The minimum Gasteiger partial charge on any atom is -0.463 e. The molecular formula is C24H18N4O3S. The number of hydrogen-bond acceptors (Lipinski definition) is 7. The first-order chi connectivity index (χ1) is 15.5. The van der Waals surface area contributed by atoms with Crippen LogP contribution < -0.4 is 5.43 Å². The van der Waals surface area contributed by atoms with Crippen LogP contribution >= 0.6 is 11.3 Å². The van der Waals surface area contributed by atoms with Crippen LogP contribution in [0.5, 0.6) is 0 Å². The number of imidazole rings is 1. The third-order valence-electron chi connectivity index (χ3n) is 5.65. The first-order valence-electron chi connectivity index (χ1n) is 10.3. The molecule has 8 heteroatoms. The van der Waals surface area contributed by atoms with Crippen molar-refractivity contribution in [3.63, 3.8) is 0 Å². The molecule has 158 valence electrons. The molecule has 0 aliphatic heterocycles. The van der Waals surface area contributed by atoms with Crippen LogP contribution in [0.25, 0.3) is 49.2 Å². The van der Waals surface area contributed by atoms with Crippen molar-refractivity contribution in [2.75, 3.05) is 0 Å². The molecule has 6 aromatic rings. The van der Waals surface area contributed by atoms with Crippen LogP contribution in [0, 0.1) is 6.92 Å². The smallest absolute Gasteiger partial charge is 0.266 e. The predicted octanol–water partition coefficient (Wildman–Crippen LogP) is 5.80. The molecule has 0 radical (unpaired) electrons. The molecule has 4 heterocycles. The van der Waals surface area contributed by atoms with Gasteiger partial charge < -0.3 is 8.83 Å². The summed E-state index contributed by atoms with van der Waals surface area (Å²) in [5.74, 6) is 0.730. The fourth-order valence-corrected chi connectivity index (χ4v) is 5.03. The second-order valence-electron chi connectivity index (χ2n) is 8.03. The van der Waals surface area contributed by atoms with Crippen molar-refractivity contribution < 1.29 is 8.83 Å². The van der Waals surface area contributed by atoms with Crippen LogP contribution in [-0.4, -0.2) is 19.6 Å². The summed E-state index contributed by atoms with van der Waals surface area (Å²) in [6.07, 6.45) is 1.38. The zero-order valence-corrected chi connectivity index (χ0v) is 18.4. The number of rotatable bonds is 3. The molecule has 0 saturated heterocycles. The Bertz CT molecular complexity index is 1700. The van der Waals surface area contributed by atoms with Gasteiger partial charge in [0.25, 0.3) is 11.8 Å². The van der Waals surface area contributed by atoms with Crippen LogP contribution in [0.2, 0.25) is 0 Å². The van der Waals surface area contributed by atoms with E-state index < -0.39 is 0 Å². The van der Waals surface area contributed by atoms with Gasteiger partial charge in [-0.05, 0) is 42.7 Å². The van der Waals surface area contributed by atoms with Crippen molar-refractivity contribution in [1.82, 2.24) is 19.6 Å². The minimum absolute atomic E-state index is 0.125. The van der Waals surface area contributed by atoms with E-state index in [-0.39, 0.29) is 16.9 Å². The quantitative estimate of drug-likeness (QED) is 0.344. The Hall–Kier alpha value is -3.78. The van der Waals surface area contributed by atoms with Crippen molar-refractivity contribution in [2.45, 2.75) is 26.7 Å². The van der Waals surface area contributed by atoms with Crippen LogP contribution in [0.4, 0.5) is 0 Å². The third-order valence-corrected chi connectivity index (χ3v) is 6.67. The van der Waals surface area contributed by atoms with E-state index in [0.29, 0.717) is 22.8 Å². The zero-order chi connectivity index (χ0) is 22.0. The number of fused-ring (bicyclic) bond motifs is 4. The third kappa shape index (κ3) is 2.73. The molecule has 0 saturated carbocycles. The van der Waals surface area contributed by atoms with E-state index in [0.717, 1.165) is 32.1 Å². The summed E-state index contributed by atoms with van der Waals surface area (Å²) in [6.45, 7) is 6.07. The van der Waals surface area contributed by atoms with E-state index in [4.69, 9.17) is 8.83 Å². The Balaban J connectivity index is 1.52. The molecule has 0 fully saturated rings. The van der Waals surface area contributed by atoms with Crippen molar-refractivity contribution in [3.8, 4) is 23.0 Å². The SMILES string of the molecule is Cc1nc2sc3ccccc3n2c1-c1nnc(-c2coc3ccc(C(C)C)cc3c2=O)o1. The fourth-order valence-electron chi connectivity index (χ4n) is 3.96. The number of hydrogen-bond donors (Lipinski definition) is 0. The molecule has 2 aromatic carbocycles. The van der Waals surface area contributed by atoms with Gasteiger partial charge in [-0.1, -0.05) is 43.4 Å². The lowest BCUT2D eigenvalue weighted by Crippen LogP contribution is -2.05. The highest BCUT2D eigenvalue weighted by Crippen LogP contribution is 2.34. The normalized spacial score (nSPS) is 12.0. The van der Waals surface area contributed by atoms with Crippen LogP contribution in [0.15, 0.2) is 62.4 Å². The summed E-state index contributed by atoms with van der Waals surface area (Å²) in [5, 5.41) is 8.91. The van der Waals surface area contributed by atoms with E-state index in [9.17, 15) is 4.79 Å². The molecule has 0 bridgehead atoms. The summed E-state index contributed by atoms with van der Waals surface area (Å²) in [7, 11) is 0. The lowest BCUT2D eigenvalue weighted by atomic mass is 10.0. The second kappa shape index (κ2) is 6.86. The Labute approximate surface area is 186 Å². The number of benzene rings is 2. The summed E-state index contributed by atoms with van der Waals surface area (Å²) < 4.78 is 14.8. The molecule has 0 spiro atoms. The maximum atomic E-state index is 13.2. The Morgan fingerprint density at radius 1 is 1.06 bits per heavy atom. The summed E-state index contributed by atoms with van der Waals surface area (Å²) in [4.78, 5) is 18.7. The molecule has 0 amide bonds. The van der Waals surface area contributed by atoms with Gasteiger partial charge in [0.2, 0.25) is 5.43 Å². The molecule has 6 rings (SSSR count). The van der Waals surface area contributed by atoms with Gasteiger partial charge in [0.05, 0.1) is 21.3 Å². The molecule has 32 heavy (non-hydrogen) atoms. The summed E-state index contributed by atoms with van der Waals surface area (Å²) in [5.41, 5.74) is 4.17. The van der Waals surface area contributed by atoms with Crippen molar-refractivity contribution in [3.05, 3.63) is 70.2 Å². The number of thiazole rings is 1. The van der Waals surface area contributed by atoms with E-state index >= 15 is 0 Å². The molecule has 0 N–H and O–H groups in total. The molecular weight excluding hydrogens is 424 g/mol. The molecule has 0 aliphatic rings. The fraction of sp³-hybridized carbons (Fsp3) is 0.167. The lowest BCUT2D eigenvalue weighted by molar-refractivity contribution is 0.567. The average Bonchev–Trinajstić information content (AvgIpc) is 3.47. The van der Waals surface area contributed by atoms with Gasteiger partial charge in [0.15, 0.2) is 4.96 Å². The van der Waals surface area contributed by atoms with Crippen LogP contribution in [0.1, 0.15) is 31.0 Å². The second-order valence-corrected chi connectivity index (χ2v) is 9.04. The van der Waals surface area contributed by atoms with E-state index in [1.165, 1.54) is 6.26 Å². The maximum Gasteiger partial charge on any atom is 0.266 e. The van der Waals surface area contributed by atoms with Gasteiger partial charge in [-0.2, -0.15) is 0 Å². The molecule has 7 nitrogen and oxygen atoms in total. The van der Waals surface area contributed by atoms with Gasteiger partial charge in [-0.15, -0.1) is 10.2 Å². The van der Waals surface area contributed by atoms with Crippen LogP contribution in [-0.2, 0) is 0 Å². The Morgan fingerprint density at radius 2 is 1.88 bits per heavy atom. The lowest BCUT2D eigenvalue weighted by Gasteiger charge is -2.06. The summed E-state index contributed by atoms with van der Waals surface area (Å²) in [6, 6.07) is 13.7. The number of para-hydroxylation sites is 1. The average molecular weight is 443 g/mol. The van der Waals surface area contributed by atoms with Gasteiger partial charge in [-0.3, -0.25) is 9.20 Å². The maximum absolute atomic E-state index is 13.2. The summed E-state index contributed by atoms with van der Waals surface area (Å²) >= 11 is 1.60. The number of aromatic nitrogens is 4. The van der Waals surface area contributed by atoms with Gasteiger partial charge in [0, 0.05) is 0 Å². The van der Waals surface area contributed by atoms with E-state index in [1.807, 2.05) is 47.7 Å². The van der Waals surface area contributed by atoms with Crippen LogP contribution in [0.3, 0.4) is 0 Å². The van der Waals surface area contributed by atoms with Crippen molar-refractivity contribution in [1.29, 1.82) is 0 Å². The topological polar surface area (TPSA) is 86.4 Å². The van der Waals surface area contributed by atoms with Gasteiger partial charge in [-0.25, -0.2) is 4.98 Å². The van der Waals surface area contributed by atoms with Gasteiger partial charge in [0.1, 0.15) is 23.1 Å². The highest BCUT2D eigenvalue weighted by Gasteiger charge is 2.22. The van der Waals surface area contributed by atoms with Gasteiger partial charge >= 0.3 is 0 Å². The predicted molar refractivity (Wildman–Crippen MR) is 124 cm³/mol.